The maximum atomic E-state index is 4.96. The summed E-state index contributed by atoms with van der Waals surface area (Å²) in [5.74, 6) is 0. The Morgan fingerprint density at radius 1 is 1.20 bits per heavy atom. The van der Waals surface area contributed by atoms with Crippen molar-refractivity contribution in [3.8, 4) is 0 Å². The molecule has 0 aliphatic rings. The van der Waals surface area contributed by atoms with Gasteiger partial charge in [0.05, 0.1) is 0 Å². The van der Waals surface area contributed by atoms with Gasteiger partial charge < -0.3 is 24.0 Å². The van der Waals surface area contributed by atoms with Crippen LogP contribution in [0.2, 0.25) is 0 Å². The van der Waals surface area contributed by atoms with Gasteiger partial charge in [0.15, 0.2) is 0 Å². The Hall–Kier alpha value is 4.28. The van der Waals surface area contributed by atoms with E-state index in [1.165, 1.54) is 0 Å². The van der Waals surface area contributed by atoms with Crippen molar-refractivity contribution >= 4 is 38.4 Å². The van der Waals surface area contributed by atoms with Gasteiger partial charge in [-0.1, -0.05) is 0 Å². The summed E-state index contributed by atoms with van der Waals surface area (Å²) in [5.41, 5.74) is 0. The number of hydrogen-bond donors (Lipinski definition) is 0. The molecule has 0 rings (SSSR count). The smallest absolute Gasteiger partial charge is 1.00 e. The molecule has 26 valence electrons. The minimum atomic E-state index is -0.972. The van der Waals surface area contributed by atoms with Crippen LogP contribution in [0, 0.1) is 0 Å². The standard InChI is InChI=1S/2ClH.Cs.HI.Pb/h2*1H;;1H;/q;;+1;;+2/p-3. The molecular formula is Cl2CsIPb. The Labute approximate surface area is 127 Å². The summed E-state index contributed by atoms with van der Waals surface area (Å²) in [6, 6.07) is 0. The Balaban J connectivity index is -0.0000000200. The van der Waals surface area contributed by atoms with E-state index in [-0.39, 0.29) is 92.9 Å². The normalized spacial score (nSPS) is 3.60. The molecule has 0 saturated carbocycles. The average molecular weight is 538 g/mol. The molecule has 0 aliphatic heterocycles. The first-order valence-electron chi connectivity index (χ1n) is 0.378. The largest absolute Gasteiger partial charge is 1.00 e. The Bertz CT molecular complexity index is 9.61. The van der Waals surface area contributed by atoms with Crippen molar-refractivity contribution < 1.29 is 92.9 Å². The maximum Gasteiger partial charge on any atom is 1.00 e. The van der Waals surface area contributed by atoms with Crippen molar-refractivity contribution in [2.24, 2.45) is 0 Å². The fraction of sp³-hybridized carbons (Fsp3) is 0. The molecule has 2 radical (unpaired) electrons. The van der Waals surface area contributed by atoms with Crippen LogP contribution in [0.25, 0.3) is 0 Å². The summed E-state index contributed by atoms with van der Waals surface area (Å²) in [4.78, 5) is 0. The molecule has 0 aliphatic carbocycles. The molecule has 0 aromatic carbocycles. The second kappa shape index (κ2) is 15.7. The topological polar surface area (TPSA) is 0 Å². The summed E-state index contributed by atoms with van der Waals surface area (Å²) >= 11 is -0.972. The SMILES string of the molecule is [Cl][Pb][Cl].[Cs+].[I-]. The van der Waals surface area contributed by atoms with Gasteiger partial charge in [0.1, 0.15) is 0 Å². The van der Waals surface area contributed by atoms with Gasteiger partial charge in [-0.05, 0) is 0 Å². The van der Waals surface area contributed by atoms with Crippen LogP contribution in [0.4, 0.5) is 0 Å². The van der Waals surface area contributed by atoms with E-state index in [4.69, 9.17) is 16.6 Å². The number of rotatable bonds is 0. The molecule has 0 bridgehead atoms. The molecule has 5 heteroatoms. The molecule has 0 aromatic rings. The van der Waals surface area contributed by atoms with Crippen LogP contribution in [0.15, 0.2) is 0 Å². The summed E-state index contributed by atoms with van der Waals surface area (Å²) in [6.07, 6.45) is 0. The summed E-state index contributed by atoms with van der Waals surface area (Å²) in [7, 11) is 9.92. The van der Waals surface area contributed by atoms with Crippen molar-refractivity contribution in [2.45, 2.75) is 0 Å². The molecule has 0 atom stereocenters. The van der Waals surface area contributed by atoms with Crippen LogP contribution in [0.5, 0.6) is 0 Å². The van der Waals surface area contributed by atoms with Gasteiger partial charge in [0, 0.05) is 0 Å². The molecule has 0 nitrogen and oxygen atoms in total. The van der Waals surface area contributed by atoms with Crippen LogP contribution in [0.1, 0.15) is 0 Å². The van der Waals surface area contributed by atoms with Gasteiger partial charge in [-0.15, -0.1) is 0 Å². The van der Waals surface area contributed by atoms with Gasteiger partial charge in [0.25, 0.3) is 0 Å². The van der Waals surface area contributed by atoms with Crippen molar-refractivity contribution in [3.05, 3.63) is 0 Å². The van der Waals surface area contributed by atoms with Crippen LogP contribution in [0.3, 0.4) is 0 Å². The third kappa shape index (κ3) is 17.8. The predicted octanol–water partition coefficient (Wildman–Crippen LogP) is -4.99. The van der Waals surface area contributed by atoms with Crippen LogP contribution < -0.4 is 92.9 Å². The molecule has 0 heterocycles. The van der Waals surface area contributed by atoms with E-state index in [0.717, 1.165) is 0 Å². The number of halogens is 3. The number of hydrogen-bond acceptors (Lipinski definition) is 0. The van der Waals surface area contributed by atoms with Gasteiger partial charge >= 0.3 is 107 Å². The second-order valence-electron chi connectivity index (χ2n) is 0.0714. The quantitative estimate of drug-likeness (QED) is 0.215. The zero-order valence-electron chi connectivity index (χ0n) is 2.63. The van der Waals surface area contributed by atoms with Crippen LogP contribution in [-0.2, 0) is 0 Å². The molecular weight excluding hydrogens is 538 g/mol. The van der Waals surface area contributed by atoms with Crippen molar-refractivity contribution in [1.82, 2.24) is 0 Å². The zero-order valence-corrected chi connectivity index (χ0v) is 16.5. The van der Waals surface area contributed by atoms with E-state index in [1.807, 2.05) is 0 Å². The maximum absolute atomic E-state index is 4.96. The fourth-order valence-electron chi connectivity index (χ4n) is 0. The first-order chi connectivity index (χ1) is 1.41. The second-order valence-corrected chi connectivity index (χ2v) is 5.64. The van der Waals surface area contributed by atoms with Crippen molar-refractivity contribution in [2.75, 3.05) is 0 Å². The molecule has 0 unspecified atom stereocenters. The Morgan fingerprint density at radius 2 is 1.20 bits per heavy atom. The van der Waals surface area contributed by atoms with Gasteiger partial charge in [-0.3, -0.25) is 0 Å². The van der Waals surface area contributed by atoms with Gasteiger partial charge in [0.2, 0.25) is 0 Å². The zero-order chi connectivity index (χ0) is 2.71. The molecule has 0 N–H and O–H groups in total. The minimum absolute atomic E-state index is 0. The average Bonchev–Trinajstić information content (AvgIpc) is 0.918. The third-order valence-electron chi connectivity index (χ3n) is 0. The minimum Gasteiger partial charge on any atom is -1.00 e. The molecule has 0 amide bonds. The van der Waals surface area contributed by atoms with E-state index in [2.05, 4.69) is 0 Å². The van der Waals surface area contributed by atoms with Crippen molar-refractivity contribution in [3.63, 3.8) is 0 Å². The predicted molar refractivity (Wildman–Crippen MR) is 17.5 cm³/mol. The first kappa shape index (κ1) is 16.1. The van der Waals surface area contributed by atoms with Crippen LogP contribution in [-0.4, -0.2) is 21.8 Å². The van der Waals surface area contributed by atoms with E-state index in [0.29, 0.717) is 0 Å². The molecule has 0 aromatic heterocycles. The molecule has 0 spiro atoms. The van der Waals surface area contributed by atoms with Crippen LogP contribution >= 0.6 is 16.6 Å². The van der Waals surface area contributed by atoms with E-state index >= 15 is 0 Å². The van der Waals surface area contributed by atoms with E-state index in [9.17, 15) is 0 Å². The van der Waals surface area contributed by atoms with Gasteiger partial charge in [-0.2, -0.15) is 0 Å². The molecule has 5 heavy (non-hydrogen) atoms. The molecule has 0 fully saturated rings. The monoisotopic (exact) mass is 538 g/mol. The Morgan fingerprint density at radius 3 is 1.20 bits per heavy atom. The first-order valence-corrected chi connectivity index (χ1v) is 9.95. The van der Waals surface area contributed by atoms with E-state index < -0.39 is 21.8 Å². The van der Waals surface area contributed by atoms with E-state index in [1.54, 1.807) is 0 Å². The summed E-state index contributed by atoms with van der Waals surface area (Å²) in [5, 5.41) is 0. The third-order valence-corrected chi connectivity index (χ3v) is 0. The summed E-state index contributed by atoms with van der Waals surface area (Å²) < 4.78 is 0. The van der Waals surface area contributed by atoms with Crippen molar-refractivity contribution in [1.29, 1.82) is 0 Å². The fourth-order valence-corrected chi connectivity index (χ4v) is 0. The van der Waals surface area contributed by atoms with Gasteiger partial charge in [-0.25, -0.2) is 0 Å². The Kier molecular flexibility index (Phi) is 50.8. The molecule has 0 saturated heterocycles. The summed E-state index contributed by atoms with van der Waals surface area (Å²) in [6.45, 7) is 0.